The first-order valence-electron chi connectivity index (χ1n) is 8.30. The molecule has 1 saturated heterocycles. The highest BCUT2D eigenvalue weighted by Crippen LogP contribution is 2.29. The van der Waals surface area contributed by atoms with E-state index >= 15 is 0 Å². The molecular formula is C18H25INO4+. The number of halogens is 1. The van der Waals surface area contributed by atoms with Gasteiger partial charge in [0.05, 0.1) is 18.7 Å². The van der Waals surface area contributed by atoms with E-state index in [1.54, 1.807) is 31.2 Å². The summed E-state index contributed by atoms with van der Waals surface area (Å²) in [7, 11) is 0. The largest absolute Gasteiger partial charge is 0.456 e. The van der Waals surface area contributed by atoms with Crippen LogP contribution in [0, 0.1) is 5.92 Å². The van der Waals surface area contributed by atoms with E-state index < -0.39 is 5.60 Å². The summed E-state index contributed by atoms with van der Waals surface area (Å²) in [6.45, 7) is 7.90. The van der Waals surface area contributed by atoms with Crippen LogP contribution in [0.2, 0.25) is 0 Å². The maximum Gasteiger partial charge on any atom is 0.338 e. The van der Waals surface area contributed by atoms with E-state index in [4.69, 9.17) is 9.47 Å². The number of rotatable bonds is 5. The molecule has 0 amide bonds. The summed E-state index contributed by atoms with van der Waals surface area (Å²) in [5.74, 6) is 0.176. The summed E-state index contributed by atoms with van der Waals surface area (Å²) in [6, 6.07) is 6.51. The van der Waals surface area contributed by atoms with E-state index in [1.165, 1.54) is 0 Å². The summed E-state index contributed by atoms with van der Waals surface area (Å²) in [5.41, 5.74) is -0.0135. The summed E-state index contributed by atoms with van der Waals surface area (Å²) in [4.78, 5) is 24.0. The first-order valence-corrected chi connectivity index (χ1v) is 9.55. The van der Waals surface area contributed by atoms with Gasteiger partial charge < -0.3 is 14.8 Å². The second kappa shape index (κ2) is 8.29. The Labute approximate surface area is 156 Å². The molecule has 1 heterocycles. The standard InChI is InChI=1S/C18H24INO4/c1-12(19)16(21)23-15-6-4-13(5-7-15)17(22)24-18(2,3)14-8-10-20-11-9-14/h4-7,12,14,20H,8-11H2,1-3H3/p+1. The topological polar surface area (TPSA) is 69.2 Å². The Hall–Kier alpha value is -1.15. The van der Waals surface area contributed by atoms with E-state index in [0.717, 1.165) is 25.9 Å². The number of nitrogens with two attached hydrogens (primary N) is 1. The number of carbonyl (C=O) groups excluding carboxylic acids is 2. The number of piperidine rings is 1. The summed E-state index contributed by atoms with van der Waals surface area (Å²) >= 11 is 2.00. The molecule has 1 unspecified atom stereocenters. The summed E-state index contributed by atoms with van der Waals surface area (Å²) < 4.78 is 10.7. The fraction of sp³-hybridized carbons (Fsp3) is 0.556. The van der Waals surface area contributed by atoms with E-state index in [-0.39, 0.29) is 15.9 Å². The van der Waals surface area contributed by atoms with Crippen molar-refractivity contribution < 1.29 is 24.4 Å². The van der Waals surface area contributed by atoms with Gasteiger partial charge in [0.2, 0.25) is 0 Å². The molecule has 1 aliphatic rings. The predicted molar refractivity (Wildman–Crippen MR) is 99.4 cm³/mol. The minimum Gasteiger partial charge on any atom is -0.456 e. The Morgan fingerprint density at radius 1 is 1.21 bits per heavy atom. The number of esters is 2. The average molecular weight is 446 g/mol. The summed E-state index contributed by atoms with van der Waals surface area (Å²) in [6.07, 6.45) is 2.12. The van der Waals surface area contributed by atoms with Crippen molar-refractivity contribution in [1.29, 1.82) is 0 Å². The maximum absolute atomic E-state index is 12.4. The Balaban J connectivity index is 1.98. The lowest BCUT2D eigenvalue weighted by Crippen LogP contribution is -2.86. The third kappa shape index (κ3) is 5.17. The number of hydrogen-bond acceptors (Lipinski definition) is 4. The minimum atomic E-state index is -0.479. The van der Waals surface area contributed by atoms with Gasteiger partial charge in [-0.3, -0.25) is 4.79 Å². The van der Waals surface area contributed by atoms with Gasteiger partial charge in [-0.05, 0) is 45.0 Å². The van der Waals surface area contributed by atoms with Crippen LogP contribution in [0.3, 0.4) is 0 Å². The van der Waals surface area contributed by atoms with Gasteiger partial charge in [-0.15, -0.1) is 0 Å². The Morgan fingerprint density at radius 3 is 2.33 bits per heavy atom. The molecule has 2 rings (SSSR count). The molecule has 1 fully saturated rings. The minimum absolute atomic E-state index is 0.222. The first kappa shape index (κ1) is 19.2. The van der Waals surface area contributed by atoms with Crippen LogP contribution in [0.5, 0.6) is 5.75 Å². The molecule has 0 bridgehead atoms. The van der Waals surface area contributed by atoms with Gasteiger partial charge in [0, 0.05) is 18.8 Å². The van der Waals surface area contributed by atoms with Crippen molar-refractivity contribution in [2.45, 2.75) is 43.1 Å². The first-order chi connectivity index (χ1) is 11.3. The van der Waals surface area contributed by atoms with Crippen LogP contribution in [0.1, 0.15) is 44.0 Å². The zero-order valence-corrected chi connectivity index (χ0v) is 16.5. The van der Waals surface area contributed by atoms with Crippen LogP contribution >= 0.6 is 22.6 Å². The molecule has 1 atom stereocenters. The molecule has 24 heavy (non-hydrogen) atoms. The van der Waals surface area contributed by atoms with Crippen molar-refractivity contribution in [3.8, 4) is 5.75 Å². The molecule has 132 valence electrons. The monoisotopic (exact) mass is 446 g/mol. The van der Waals surface area contributed by atoms with Gasteiger partial charge in [0.25, 0.3) is 0 Å². The third-order valence-corrected chi connectivity index (χ3v) is 4.92. The van der Waals surface area contributed by atoms with Gasteiger partial charge in [-0.1, -0.05) is 22.6 Å². The predicted octanol–water partition coefficient (Wildman–Crippen LogP) is 2.32. The molecule has 5 nitrogen and oxygen atoms in total. The summed E-state index contributed by atoms with van der Waals surface area (Å²) in [5, 5.41) is 2.30. The maximum atomic E-state index is 12.4. The normalized spacial score (nSPS) is 17.2. The number of ether oxygens (including phenoxy) is 2. The van der Waals surface area contributed by atoms with E-state index in [2.05, 4.69) is 5.32 Å². The van der Waals surface area contributed by atoms with Crippen LogP contribution in [0.25, 0.3) is 0 Å². The number of hydrogen-bond donors (Lipinski definition) is 1. The molecule has 1 aliphatic heterocycles. The highest BCUT2D eigenvalue weighted by Gasteiger charge is 2.35. The van der Waals surface area contributed by atoms with Gasteiger partial charge in [-0.2, -0.15) is 0 Å². The van der Waals surface area contributed by atoms with Crippen molar-refractivity contribution >= 4 is 34.5 Å². The number of alkyl halides is 1. The van der Waals surface area contributed by atoms with Crippen LogP contribution in [0.15, 0.2) is 24.3 Å². The molecule has 0 spiro atoms. The smallest absolute Gasteiger partial charge is 0.338 e. The van der Waals surface area contributed by atoms with Crippen molar-refractivity contribution in [3.05, 3.63) is 29.8 Å². The van der Waals surface area contributed by atoms with Crippen molar-refractivity contribution in [2.75, 3.05) is 13.1 Å². The fourth-order valence-corrected chi connectivity index (χ4v) is 2.99. The van der Waals surface area contributed by atoms with E-state index in [9.17, 15) is 9.59 Å². The zero-order valence-electron chi connectivity index (χ0n) is 14.4. The van der Waals surface area contributed by atoms with Crippen molar-refractivity contribution in [2.24, 2.45) is 5.92 Å². The Morgan fingerprint density at radius 2 is 1.79 bits per heavy atom. The lowest BCUT2D eigenvalue weighted by Gasteiger charge is -2.35. The van der Waals surface area contributed by atoms with E-state index in [0.29, 0.717) is 17.2 Å². The number of benzene rings is 1. The fourth-order valence-electron chi connectivity index (χ4n) is 2.86. The Kier molecular flexibility index (Phi) is 6.62. The SMILES string of the molecule is CC(I)C(=O)Oc1ccc(C(=O)OC(C)(C)C2CC[NH2+]CC2)cc1. The number of quaternary nitrogens is 1. The molecule has 1 aromatic carbocycles. The lowest BCUT2D eigenvalue weighted by molar-refractivity contribution is -0.665. The van der Waals surface area contributed by atoms with E-state index in [1.807, 2.05) is 36.4 Å². The molecule has 1 aromatic rings. The molecule has 0 saturated carbocycles. The van der Waals surface area contributed by atoms with Gasteiger partial charge in [0.1, 0.15) is 15.3 Å². The average Bonchev–Trinajstić information content (AvgIpc) is 2.55. The van der Waals surface area contributed by atoms with Gasteiger partial charge >= 0.3 is 11.9 Å². The highest BCUT2D eigenvalue weighted by molar-refractivity contribution is 14.1. The molecule has 2 N–H and O–H groups in total. The van der Waals surface area contributed by atoms with Gasteiger partial charge in [0.15, 0.2) is 0 Å². The van der Waals surface area contributed by atoms with Crippen molar-refractivity contribution in [3.63, 3.8) is 0 Å². The molecule has 0 aromatic heterocycles. The molecule has 0 aliphatic carbocycles. The van der Waals surface area contributed by atoms with Crippen molar-refractivity contribution in [1.82, 2.24) is 0 Å². The highest BCUT2D eigenvalue weighted by atomic mass is 127. The quantitative estimate of drug-likeness (QED) is 0.326. The lowest BCUT2D eigenvalue weighted by atomic mass is 9.83. The molecular weight excluding hydrogens is 421 g/mol. The molecule has 0 radical (unpaired) electrons. The molecule has 6 heteroatoms. The number of carbonyl (C=O) groups is 2. The Bertz CT molecular complexity index is 577. The zero-order chi connectivity index (χ0) is 17.7. The van der Waals surface area contributed by atoms with Crippen LogP contribution in [-0.2, 0) is 9.53 Å². The van der Waals surface area contributed by atoms with Gasteiger partial charge in [-0.25, -0.2) is 4.79 Å². The van der Waals surface area contributed by atoms with Crippen LogP contribution in [-0.4, -0.2) is 34.6 Å². The third-order valence-electron chi connectivity index (χ3n) is 4.41. The van der Waals surface area contributed by atoms with Crippen LogP contribution in [0.4, 0.5) is 0 Å². The second-order valence-corrected chi connectivity index (χ2v) is 8.56. The second-order valence-electron chi connectivity index (χ2n) is 6.69. The van der Waals surface area contributed by atoms with Crippen LogP contribution < -0.4 is 10.1 Å².